The maximum Gasteiger partial charge on any atom is 0.248 e. The van der Waals surface area contributed by atoms with Crippen molar-refractivity contribution in [2.45, 2.75) is 31.2 Å². The highest BCUT2D eigenvalue weighted by molar-refractivity contribution is 7.99. The maximum absolute atomic E-state index is 12.2. The number of benzene rings is 2. The highest BCUT2D eigenvalue weighted by Gasteiger charge is 2.06. The van der Waals surface area contributed by atoms with Gasteiger partial charge in [0.25, 0.3) is 0 Å². The Hall–Kier alpha value is -1.85. The highest BCUT2D eigenvalue weighted by atomic mass is 32.2. The fourth-order valence-corrected chi connectivity index (χ4v) is 4.49. The van der Waals surface area contributed by atoms with Gasteiger partial charge in [-0.25, -0.2) is 0 Å². The van der Waals surface area contributed by atoms with Crippen LogP contribution in [0.25, 0.3) is 10.2 Å². The van der Waals surface area contributed by atoms with E-state index in [2.05, 4.69) is 40.7 Å². The topological polar surface area (TPSA) is 34.4 Å². The monoisotopic (exact) mass is 356 g/mol. The lowest BCUT2D eigenvalue weighted by molar-refractivity contribution is -0.118. The van der Waals surface area contributed by atoms with Crippen LogP contribution in [0.4, 0.5) is 0 Å². The summed E-state index contributed by atoms with van der Waals surface area (Å²) in [5, 5.41) is 0. The highest BCUT2D eigenvalue weighted by Crippen LogP contribution is 2.19. The molecule has 2 aromatic carbocycles. The van der Waals surface area contributed by atoms with Crippen molar-refractivity contribution < 1.29 is 4.79 Å². The molecule has 0 atom stereocenters. The van der Waals surface area contributed by atoms with Gasteiger partial charge in [0.05, 0.1) is 10.2 Å². The average molecular weight is 357 g/mol. The van der Waals surface area contributed by atoms with Crippen LogP contribution in [0.3, 0.4) is 0 Å². The number of fused-ring (bicyclic) bond motifs is 1. The Morgan fingerprint density at radius 3 is 2.67 bits per heavy atom. The lowest BCUT2D eigenvalue weighted by atomic mass is 10.3. The van der Waals surface area contributed by atoms with Crippen LogP contribution < -0.4 is 4.80 Å². The number of hydrogen-bond acceptors (Lipinski definition) is 3. The summed E-state index contributed by atoms with van der Waals surface area (Å²) in [5.74, 6) is 0.906. The summed E-state index contributed by atoms with van der Waals surface area (Å²) in [7, 11) is 0. The zero-order valence-electron chi connectivity index (χ0n) is 13.6. The summed E-state index contributed by atoms with van der Waals surface area (Å²) in [6.07, 6.45) is 1.34. The summed E-state index contributed by atoms with van der Waals surface area (Å²) in [6.45, 7) is 2.90. The van der Waals surface area contributed by atoms with Gasteiger partial charge in [0.1, 0.15) is 0 Å². The van der Waals surface area contributed by atoms with E-state index in [0.717, 1.165) is 29.0 Å². The largest absolute Gasteiger partial charge is 0.317 e. The molecule has 3 aromatic rings. The number of hydrogen-bond donors (Lipinski definition) is 0. The Labute approximate surface area is 150 Å². The number of para-hydroxylation sites is 1. The fourth-order valence-electron chi connectivity index (χ4n) is 2.50. The molecular formula is C19H20N2OS2. The molecule has 0 saturated heterocycles. The molecule has 1 amide bonds. The Morgan fingerprint density at radius 2 is 1.88 bits per heavy atom. The molecule has 124 valence electrons. The minimum absolute atomic E-state index is 0.0302. The van der Waals surface area contributed by atoms with E-state index in [4.69, 9.17) is 0 Å². The first-order valence-electron chi connectivity index (χ1n) is 8.11. The number of thioether (sulfide) groups is 1. The SMILES string of the molecule is CCn1c(=NC(=O)CCCSc2ccccc2)sc2ccccc21. The zero-order valence-corrected chi connectivity index (χ0v) is 15.3. The van der Waals surface area contributed by atoms with Crippen LogP contribution in [0.2, 0.25) is 0 Å². The van der Waals surface area contributed by atoms with Crippen LogP contribution in [0.1, 0.15) is 19.8 Å². The van der Waals surface area contributed by atoms with Gasteiger partial charge in [-0.3, -0.25) is 4.79 Å². The van der Waals surface area contributed by atoms with E-state index >= 15 is 0 Å². The van der Waals surface area contributed by atoms with Crippen LogP contribution in [-0.4, -0.2) is 16.2 Å². The lowest BCUT2D eigenvalue weighted by Gasteiger charge is -2.00. The van der Waals surface area contributed by atoms with Crippen molar-refractivity contribution >= 4 is 39.2 Å². The van der Waals surface area contributed by atoms with Crippen molar-refractivity contribution in [1.29, 1.82) is 0 Å². The molecule has 0 spiro atoms. The molecule has 1 aromatic heterocycles. The van der Waals surface area contributed by atoms with Crippen molar-refractivity contribution in [3.05, 3.63) is 59.4 Å². The molecule has 0 saturated carbocycles. The predicted molar refractivity (Wildman–Crippen MR) is 102 cm³/mol. The van der Waals surface area contributed by atoms with E-state index in [1.54, 1.807) is 23.1 Å². The number of amides is 1. The second-order valence-electron chi connectivity index (χ2n) is 5.37. The quantitative estimate of drug-likeness (QED) is 0.473. The molecule has 0 aliphatic carbocycles. The third-order valence-corrected chi connectivity index (χ3v) is 5.83. The van der Waals surface area contributed by atoms with Gasteiger partial charge in [-0.05, 0) is 43.4 Å². The second-order valence-corrected chi connectivity index (χ2v) is 7.54. The first kappa shape index (κ1) is 17.0. The first-order chi connectivity index (χ1) is 11.8. The van der Waals surface area contributed by atoms with Gasteiger partial charge in [0.15, 0.2) is 4.80 Å². The summed E-state index contributed by atoms with van der Waals surface area (Å²) in [6, 6.07) is 18.5. The molecule has 3 nitrogen and oxygen atoms in total. The Morgan fingerprint density at radius 1 is 1.12 bits per heavy atom. The Balaban J connectivity index is 1.62. The molecule has 3 rings (SSSR count). The standard InChI is InChI=1S/C19H20N2OS2/c1-2-21-16-11-6-7-12-17(16)24-19(21)20-18(22)13-8-14-23-15-9-4-3-5-10-15/h3-7,9-12H,2,8,13-14H2,1H3. The number of carbonyl (C=O) groups is 1. The third-order valence-electron chi connectivity index (χ3n) is 3.67. The molecule has 0 fully saturated rings. The minimum Gasteiger partial charge on any atom is -0.317 e. The molecule has 0 N–H and O–H groups in total. The Kier molecular flexibility index (Phi) is 5.88. The van der Waals surface area contributed by atoms with Crippen molar-refractivity contribution in [3.63, 3.8) is 0 Å². The number of carbonyl (C=O) groups excluding carboxylic acids is 1. The van der Waals surface area contributed by atoms with Crippen LogP contribution in [0, 0.1) is 0 Å². The fraction of sp³-hybridized carbons (Fsp3) is 0.263. The van der Waals surface area contributed by atoms with Gasteiger partial charge in [0, 0.05) is 17.9 Å². The third kappa shape index (κ3) is 4.16. The summed E-state index contributed by atoms with van der Waals surface area (Å²) >= 11 is 3.37. The van der Waals surface area contributed by atoms with Crippen molar-refractivity contribution in [1.82, 2.24) is 4.57 Å². The maximum atomic E-state index is 12.2. The molecule has 0 unspecified atom stereocenters. The summed E-state index contributed by atoms with van der Waals surface area (Å²) < 4.78 is 3.28. The summed E-state index contributed by atoms with van der Waals surface area (Å²) in [5.41, 5.74) is 1.15. The molecule has 24 heavy (non-hydrogen) atoms. The number of aromatic nitrogens is 1. The van der Waals surface area contributed by atoms with Gasteiger partial charge in [-0.15, -0.1) is 11.8 Å². The van der Waals surface area contributed by atoms with Crippen molar-refractivity contribution in [2.75, 3.05) is 5.75 Å². The minimum atomic E-state index is -0.0302. The second kappa shape index (κ2) is 8.31. The molecule has 1 heterocycles. The number of rotatable bonds is 6. The molecule has 0 radical (unpaired) electrons. The van der Waals surface area contributed by atoms with Gasteiger partial charge < -0.3 is 4.57 Å². The van der Waals surface area contributed by atoms with E-state index in [0.29, 0.717) is 6.42 Å². The van der Waals surface area contributed by atoms with E-state index in [-0.39, 0.29) is 5.91 Å². The van der Waals surface area contributed by atoms with E-state index in [9.17, 15) is 4.79 Å². The van der Waals surface area contributed by atoms with Crippen molar-refractivity contribution in [3.8, 4) is 0 Å². The molecule has 5 heteroatoms. The molecule has 0 bridgehead atoms. The van der Waals surface area contributed by atoms with Gasteiger partial charge in [-0.1, -0.05) is 41.7 Å². The number of aryl methyl sites for hydroxylation is 1. The van der Waals surface area contributed by atoms with Gasteiger partial charge in [-0.2, -0.15) is 4.99 Å². The Bertz CT molecular complexity index is 881. The summed E-state index contributed by atoms with van der Waals surface area (Å²) in [4.78, 5) is 18.6. The van der Waals surface area contributed by atoms with Crippen LogP contribution in [0.15, 0.2) is 64.5 Å². The van der Waals surface area contributed by atoms with Crippen LogP contribution in [0.5, 0.6) is 0 Å². The average Bonchev–Trinajstić information content (AvgIpc) is 2.96. The lowest BCUT2D eigenvalue weighted by Crippen LogP contribution is -2.15. The van der Waals surface area contributed by atoms with Crippen molar-refractivity contribution in [2.24, 2.45) is 4.99 Å². The normalized spacial score (nSPS) is 12.0. The smallest absolute Gasteiger partial charge is 0.248 e. The molecule has 0 aliphatic heterocycles. The number of nitrogens with zero attached hydrogens (tertiary/aromatic N) is 2. The zero-order chi connectivity index (χ0) is 16.8. The van der Waals surface area contributed by atoms with E-state index in [1.165, 1.54) is 9.60 Å². The van der Waals surface area contributed by atoms with Crippen LogP contribution in [-0.2, 0) is 11.3 Å². The number of thiazole rings is 1. The van der Waals surface area contributed by atoms with E-state index < -0.39 is 0 Å². The first-order valence-corrected chi connectivity index (χ1v) is 9.92. The predicted octanol–water partition coefficient (Wildman–Crippen LogP) is 4.72. The van der Waals surface area contributed by atoms with Gasteiger partial charge >= 0.3 is 0 Å². The molecule has 0 aliphatic rings. The van der Waals surface area contributed by atoms with E-state index in [1.807, 2.05) is 30.3 Å². The molecular weight excluding hydrogens is 336 g/mol. The van der Waals surface area contributed by atoms with Crippen LogP contribution >= 0.6 is 23.1 Å². The van der Waals surface area contributed by atoms with Gasteiger partial charge in [0.2, 0.25) is 5.91 Å².